The van der Waals surface area contributed by atoms with Crippen molar-refractivity contribution < 1.29 is 8.78 Å². The first kappa shape index (κ1) is 12.6. The number of hydrogen-bond donors (Lipinski definition) is 1. The van der Waals surface area contributed by atoms with Crippen LogP contribution in [0, 0.1) is 11.6 Å². The van der Waals surface area contributed by atoms with Crippen LogP contribution in [0.2, 0.25) is 0 Å². The molecule has 15 heavy (non-hydrogen) atoms. The third-order valence-electron chi connectivity index (χ3n) is 1.99. The molecule has 84 valence electrons. The normalized spacial score (nSPS) is 10.6. The highest BCUT2D eigenvalue weighted by Gasteiger charge is 1.99. The summed E-state index contributed by atoms with van der Waals surface area (Å²) in [6, 6.07) is 3.58. The lowest BCUT2D eigenvalue weighted by Gasteiger charge is -2.04. The van der Waals surface area contributed by atoms with Crippen molar-refractivity contribution in [2.75, 3.05) is 11.9 Å². The van der Waals surface area contributed by atoms with Crippen LogP contribution in [-0.4, -0.2) is 11.9 Å². The minimum atomic E-state index is -0.521. The van der Waals surface area contributed by atoms with Crippen molar-refractivity contribution in [3.8, 4) is 0 Å². The zero-order valence-electron chi connectivity index (χ0n) is 8.40. The molecule has 0 spiro atoms. The molecule has 0 amide bonds. The number of alkyl halides is 1. The van der Waals surface area contributed by atoms with E-state index in [9.17, 15) is 8.78 Å². The van der Waals surface area contributed by atoms with E-state index in [1.807, 2.05) is 0 Å². The molecule has 4 heteroatoms. The third-order valence-corrected chi connectivity index (χ3v) is 2.55. The van der Waals surface area contributed by atoms with Gasteiger partial charge >= 0.3 is 0 Å². The summed E-state index contributed by atoms with van der Waals surface area (Å²) in [7, 11) is 0. The molecule has 0 aromatic heterocycles. The molecule has 0 unspecified atom stereocenters. The lowest BCUT2D eigenvalue weighted by Crippen LogP contribution is -2.15. The largest absolute Gasteiger partial charge is 0.313 e. The Labute approximate surface area is 97.0 Å². The van der Waals surface area contributed by atoms with Crippen LogP contribution in [0.25, 0.3) is 0 Å². The number of rotatable bonds is 6. The van der Waals surface area contributed by atoms with Gasteiger partial charge in [0.2, 0.25) is 0 Å². The van der Waals surface area contributed by atoms with Gasteiger partial charge in [-0.05, 0) is 37.1 Å². The van der Waals surface area contributed by atoms with Crippen LogP contribution in [0.4, 0.5) is 8.78 Å². The Bertz CT molecular complexity index is 284. The van der Waals surface area contributed by atoms with E-state index in [0.717, 1.165) is 30.8 Å². The maximum atomic E-state index is 12.8. The number of hydrogen-bond acceptors (Lipinski definition) is 1. The van der Waals surface area contributed by atoms with Crippen LogP contribution in [0.3, 0.4) is 0 Å². The second-order valence-electron chi connectivity index (χ2n) is 3.35. The Morgan fingerprint density at radius 3 is 2.33 bits per heavy atom. The van der Waals surface area contributed by atoms with Gasteiger partial charge in [0.05, 0.1) is 0 Å². The zero-order valence-corrected chi connectivity index (χ0v) is 9.99. The number of benzene rings is 1. The van der Waals surface area contributed by atoms with Crippen molar-refractivity contribution in [2.45, 2.75) is 19.4 Å². The van der Waals surface area contributed by atoms with Gasteiger partial charge in [0.1, 0.15) is 11.6 Å². The van der Waals surface area contributed by atoms with Gasteiger partial charge in [-0.1, -0.05) is 15.9 Å². The minimum Gasteiger partial charge on any atom is -0.313 e. The van der Waals surface area contributed by atoms with Crippen LogP contribution < -0.4 is 5.32 Å². The minimum absolute atomic E-state index is 0.511. The van der Waals surface area contributed by atoms with Gasteiger partial charge in [-0.15, -0.1) is 0 Å². The zero-order chi connectivity index (χ0) is 11.1. The van der Waals surface area contributed by atoms with Gasteiger partial charge in [-0.25, -0.2) is 8.78 Å². The van der Waals surface area contributed by atoms with Gasteiger partial charge in [0.15, 0.2) is 0 Å². The van der Waals surface area contributed by atoms with E-state index in [0.29, 0.717) is 12.1 Å². The average molecular weight is 278 g/mol. The number of halogens is 3. The Morgan fingerprint density at radius 2 is 1.73 bits per heavy atom. The number of nitrogens with one attached hydrogen (secondary N) is 1. The lowest BCUT2D eigenvalue weighted by atomic mass is 10.2. The predicted octanol–water partition coefficient (Wildman–Crippen LogP) is 3.23. The molecule has 0 aliphatic rings. The van der Waals surface area contributed by atoms with E-state index >= 15 is 0 Å². The molecule has 1 nitrogen and oxygen atoms in total. The van der Waals surface area contributed by atoms with Crippen LogP contribution in [0.15, 0.2) is 18.2 Å². The molecule has 0 aliphatic heterocycles. The highest BCUT2D eigenvalue weighted by atomic mass is 79.9. The molecule has 0 atom stereocenters. The van der Waals surface area contributed by atoms with Gasteiger partial charge < -0.3 is 5.32 Å². The molecule has 1 rings (SSSR count). The van der Waals surface area contributed by atoms with Crippen molar-refractivity contribution >= 4 is 15.9 Å². The molecule has 1 aromatic rings. The monoisotopic (exact) mass is 277 g/mol. The Hall–Kier alpha value is -0.480. The summed E-state index contributed by atoms with van der Waals surface area (Å²) in [5, 5.41) is 4.13. The fourth-order valence-electron chi connectivity index (χ4n) is 1.29. The lowest BCUT2D eigenvalue weighted by molar-refractivity contribution is 0.573. The SMILES string of the molecule is Fc1cc(F)cc(CNCCCCBr)c1. The van der Waals surface area contributed by atoms with Gasteiger partial charge in [0.25, 0.3) is 0 Å². The van der Waals surface area contributed by atoms with E-state index in [1.54, 1.807) is 0 Å². The molecule has 0 fully saturated rings. The molecule has 0 heterocycles. The summed E-state index contributed by atoms with van der Waals surface area (Å²) >= 11 is 3.34. The standard InChI is InChI=1S/C11H14BrF2N/c12-3-1-2-4-15-8-9-5-10(13)7-11(14)6-9/h5-7,15H,1-4,8H2. The van der Waals surface area contributed by atoms with Crippen molar-refractivity contribution in [3.05, 3.63) is 35.4 Å². The highest BCUT2D eigenvalue weighted by molar-refractivity contribution is 9.09. The van der Waals surface area contributed by atoms with E-state index in [1.165, 1.54) is 12.1 Å². The molecule has 0 bridgehead atoms. The van der Waals surface area contributed by atoms with Gasteiger partial charge in [-0.2, -0.15) is 0 Å². The third kappa shape index (κ3) is 5.23. The molecule has 0 saturated carbocycles. The molecule has 1 N–H and O–H groups in total. The summed E-state index contributed by atoms with van der Waals surface area (Å²) in [5.74, 6) is -1.04. The van der Waals surface area contributed by atoms with Crippen molar-refractivity contribution in [3.63, 3.8) is 0 Å². The van der Waals surface area contributed by atoms with Gasteiger partial charge in [0, 0.05) is 17.9 Å². The molecule has 0 aliphatic carbocycles. The fourth-order valence-corrected chi connectivity index (χ4v) is 1.69. The second-order valence-corrected chi connectivity index (χ2v) is 4.14. The van der Waals surface area contributed by atoms with Crippen molar-refractivity contribution in [1.82, 2.24) is 5.32 Å². The smallest absolute Gasteiger partial charge is 0.126 e. The van der Waals surface area contributed by atoms with Crippen LogP contribution in [0.5, 0.6) is 0 Å². The molecular weight excluding hydrogens is 264 g/mol. The summed E-state index contributed by atoms with van der Waals surface area (Å²) in [4.78, 5) is 0. The second kappa shape index (κ2) is 6.90. The average Bonchev–Trinajstić information content (AvgIpc) is 2.16. The summed E-state index contributed by atoms with van der Waals surface area (Å²) in [6.45, 7) is 1.38. The van der Waals surface area contributed by atoms with E-state index < -0.39 is 11.6 Å². The topological polar surface area (TPSA) is 12.0 Å². The molecular formula is C11H14BrF2N. The van der Waals surface area contributed by atoms with Crippen LogP contribution in [0.1, 0.15) is 18.4 Å². The Kier molecular flexibility index (Phi) is 5.79. The molecule has 0 saturated heterocycles. The maximum Gasteiger partial charge on any atom is 0.126 e. The van der Waals surface area contributed by atoms with E-state index in [2.05, 4.69) is 21.2 Å². The summed E-state index contributed by atoms with van der Waals surface area (Å²) < 4.78 is 25.6. The molecule has 1 aromatic carbocycles. The predicted molar refractivity (Wildman–Crippen MR) is 61.1 cm³/mol. The Balaban J connectivity index is 2.31. The van der Waals surface area contributed by atoms with Crippen LogP contribution in [-0.2, 0) is 6.54 Å². The first-order valence-electron chi connectivity index (χ1n) is 4.94. The van der Waals surface area contributed by atoms with Crippen LogP contribution >= 0.6 is 15.9 Å². The first-order valence-corrected chi connectivity index (χ1v) is 6.06. The quantitative estimate of drug-likeness (QED) is 0.622. The Morgan fingerprint density at radius 1 is 1.07 bits per heavy atom. The summed E-state index contributed by atoms with van der Waals surface area (Å²) in [5.41, 5.74) is 0.645. The molecule has 0 radical (unpaired) electrons. The maximum absolute atomic E-state index is 12.8. The van der Waals surface area contributed by atoms with E-state index in [4.69, 9.17) is 0 Å². The van der Waals surface area contributed by atoms with E-state index in [-0.39, 0.29) is 0 Å². The number of unbranched alkanes of at least 4 members (excludes halogenated alkanes) is 1. The van der Waals surface area contributed by atoms with Gasteiger partial charge in [-0.3, -0.25) is 0 Å². The van der Waals surface area contributed by atoms with Crippen molar-refractivity contribution in [1.29, 1.82) is 0 Å². The first-order chi connectivity index (χ1) is 7.22. The van der Waals surface area contributed by atoms with Crippen molar-refractivity contribution in [2.24, 2.45) is 0 Å². The highest BCUT2D eigenvalue weighted by Crippen LogP contribution is 2.07. The fraction of sp³-hybridized carbons (Fsp3) is 0.455. The summed E-state index contributed by atoms with van der Waals surface area (Å²) in [6.07, 6.45) is 2.16.